The van der Waals surface area contributed by atoms with Crippen LogP contribution in [0.5, 0.6) is 11.5 Å². The number of Topliss-reactive ketones (excluding diaryl/α,β-unsaturated/α-hetero) is 1. The quantitative estimate of drug-likeness (QED) is 0.0741. The number of fused-ring (bicyclic) bond motifs is 1. The monoisotopic (exact) mass is 749 g/mol. The van der Waals surface area contributed by atoms with Crippen molar-refractivity contribution < 1.29 is 46.9 Å². The molecule has 4 aromatic rings. The average Bonchev–Trinajstić information content (AvgIpc) is 3.61. The van der Waals surface area contributed by atoms with Crippen LogP contribution in [0.3, 0.4) is 0 Å². The zero-order valence-corrected chi connectivity index (χ0v) is 31.5. The van der Waals surface area contributed by atoms with Crippen molar-refractivity contribution in [2.75, 3.05) is 32.3 Å². The highest BCUT2D eigenvalue weighted by Gasteiger charge is 2.36. The second-order valence-electron chi connectivity index (χ2n) is 13.7. The third-order valence-corrected chi connectivity index (χ3v) is 10.6. The number of aromatic amines is 1. The van der Waals surface area contributed by atoms with Crippen LogP contribution in [0, 0.1) is 17.0 Å². The van der Waals surface area contributed by atoms with Crippen molar-refractivity contribution in [2.24, 2.45) is 5.41 Å². The number of halogens is 2. The molecule has 9 nitrogen and oxygen atoms in total. The van der Waals surface area contributed by atoms with Crippen molar-refractivity contribution >= 4 is 52.4 Å². The summed E-state index contributed by atoms with van der Waals surface area (Å²) >= 11 is 1.48. The summed E-state index contributed by atoms with van der Waals surface area (Å²) in [7, 11) is 2.67. The highest BCUT2D eigenvalue weighted by atomic mass is 32.2. The molecule has 0 spiro atoms. The van der Waals surface area contributed by atoms with Crippen molar-refractivity contribution in [3.05, 3.63) is 101 Å². The van der Waals surface area contributed by atoms with Gasteiger partial charge in [-0.1, -0.05) is 57.2 Å². The largest absolute Gasteiger partial charge is 0.469 e. The molecule has 0 aliphatic rings. The summed E-state index contributed by atoms with van der Waals surface area (Å²) in [6, 6.07) is 13.7. The van der Waals surface area contributed by atoms with Gasteiger partial charge in [-0.15, -0.1) is 11.8 Å². The molecule has 0 radical (unpaired) electrons. The zero-order valence-electron chi connectivity index (χ0n) is 30.6. The standard InChI is InChI=1S/C41H45F2NO8S/c1-7-29-30-16-19-44-34(30)22-33(43)38(29)52-28-13-14-32(42)31(21-28)39(48)51-23-35(45)41(4,18-9-17-40(2,3)25-53-24-37(47)50-6)27-11-8-10-26(20-27)12-15-36(46)49-5/h7-8,10-11,13-14,16,19-22,44H,1,9,12,15,17-18,23-25H2,2-6H3. The van der Waals surface area contributed by atoms with Crippen LogP contribution in [0.25, 0.3) is 17.0 Å². The van der Waals surface area contributed by atoms with E-state index in [0.29, 0.717) is 47.0 Å². The first-order valence-electron chi connectivity index (χ1n) is 17.1. The smallest absolute Gasteiger partial charge is 0.341 e. The molecule has 0 fully saturated rings. The molecular formula is C41H45F2NO8S. The SMILES string of the molecule is C=Cc1c(Oc2ccc(F)c(C(=O)OCC(=O)C(C)(CCCC(C)(C)CSCC(=O)OC)c3cccc(CCC(=O)OC)c3)c2)c(F)cc2[nH]ccc12. The molecule has 3 aromatic carbocycles. The molecule has 1 aromatic heterocycles. The minimum atomic E-state index is -1.12. The number of carbonyl (C=O) groups excluding carboxylic acids is 4. The average molecular weight is 750 g/mol. The van der Waals surface area contributed by atoms with Gasteiger partial charge >= 0.3 is 17.9 Å². The van der Waals surface area contributed by atoms with Crippen LogP contribution in [0.2, 0.25) is 0 Å². The molecule has 1 N–H and O–H groups in total. The summed E-state index contributed by atoms with van der Waals surface area (Å²) in [6.45, 7) is 9.07. The first-order chi connectivity index (χ1) is 25.2. The Bertz CT molecular complexity index is 1970. The maximum Gasteiger partial charge on any atom is 0.341 e. The molecule has 0 saturated carbocycles. The number of hydrogen-bond donors (Lipinski definition) is 1. The predicted octanol–water partition coefficient (Wildman–Crippen LogP) is 8.77. The van der Waals surface area contributed by atoms with Crippen molar-refractivity contribution in [1.29, 1.82) is 0 Å². The molecule has 0 amide bonds. The number of aromatic nitrogens is 1. The minimum absolute atomic E-state index is 0.0254. The Morgan fingerprint density at radius 3 is 2.40 bits per heavy atom. The Hall–Kier alpha value is -4.97. The van der Waals surface area contributed by atoms with E-state index >= 15 is 8.78 Å². The third kappa shape index (κ3) is 10.6. The molecule has 0 saturated heterocycles. The Morgan fingerprint density at radius 2 is 1.68 bits per heavy atom. The topological polar surface area (TPSA) is 121 Å². The number of rotatable bonds is 19. The van der Waals surface area contributed by atoms with E-state index in [2.05, 4.69) is 25.4 Å². The number of ether oxygens (including phenoxy) is 4. The number of esters is 3. The van der Waals surface area contributed by atoms with Crippen molar-refractivity contribution in [3.63, 3.8) is 0 Å². The van der Waals surface area contributed by atoms with Gasteiger partial charge < -0.3 is 23.9 Å². The van der Waals surface area contributed by atoms with Gasteiger partial charge in [-0.3, -0.25) is 14.4 Å². The van der Waals surface area contributed by atoms with Gasteiger partial charge in [-0.05, 0) is 72.7 Å². The van der Waals surface area contributed by atoms with Gasteiger partial charge in [0.25, 0.3) is 0 Å². The van der Waals surface area contributed by atoms with E-state index < -0.39 is 41.0 Å². The molecule has 0 aliphatic carbocycles. The number of methoxy groups -OCH3 is 2. The molecule has 1 heterocycles. The second-order valence-corrected chi connectivity index (χ2v) is 14.7. The van der Waals surface area contributed by atoms with Crippen LogP contribution in [0.4, 0.5) is 8.78 Å². The van der Waals surface area contributed by atoms with Crippen molar-refractivity contribution in [1.82, 2.24) is 4.98 Å². The number of nitrogens with one attached hydrogen (secondary N) is 1. The number of thioether (sulfide) groups is 1. The molecule has 4 rings (SSSR count). The van der Waals surface area contributed by atoms with Crippen LogP contribution in [-0.2, 0) is 40.4 Å². The van der Waals surface area contributed by atoms with Gasteiger partial charge in [-0.25, -0.2) is 13.6 Å². The predicted molar refractivity (Wildman–Crippen MR) is 201 cm³/mol. The van der Waals surface area contributed by atoms with Gasteiger partial charge in [0, 0.05) is 35.2 Å². The summed E-state index contributed by atoms with van der Waals surface area (Å²) in [5, 5.41) is 0.662. The van der Waals surface area contributed by atoms with Gasteiger partial charge in [-0.2, -0.15) is 0 Å². The Morgan fingerprint density at radius 1 is 0.925 bits per heavy atom. The Kier molecular flexibility index (Phi) is 14.0. The van der Waals surface area contributed by atoms with E-state index in [9.17, 15) is 19.2 Å². The normalized spacial score (nSPS) is 12.5. The number of aryl methyl sites for hydroxylation is 1. The Balaban J connectivity index is 1.52. The van der Waals surface area contributed by atoms with Gasteiger partial charge in [0.1, 0.15) is 11.6 Å². The number of hydrogen-bond acceptors (Lipinski definition) is 9. The van der Waals surface area contributed by atoms with Gasteiger partial charge in [0.2, 0.25) is 0 Å². The molecular weight excluding hydrogens is 705 g/mol. The zero-order chi connectivity index (χ0) is 38.8. The number of H-pyrrole nitrogens is 1. The fourth-order valence-electron chi connectivity index (χ4n) is 6.02. The third-order valence-electron chi connectivity index (χ3n) is 9.21. The fraction of sp³-hybridized carbons (Fsp3) is 0.366. The van der Waals surface area contributed by atoms with E-state index in [-0.39, 0.29) is 41.0 Å². The van der Waals surface area contributed by atoms with Crippen molar-refractivity contribution in [3.8, 4) is 11.5 Å². The van der Waals surface area contributed by atoms with Crippen LogP contribution >= 0.6 is 11.8 Å². The number of benzene rings is 3. The van der Waals surface area contributed by atoms with Crippen LogP contribution < -0.4 is 4.74 Å². The Labute approximate surface area is 312 Å². The van der Waals surface area contributed by atoms with E-state index in [1.54, 1.807) is 19.2 Å². The summed E-state index contributed by atoms with van der Waals surface area (Å²) in [6.07, 6.45) is 5.41. The van der Waals surface area contributed by atoms with E-state index in [1.165, 1.54) is 44.2 Å². The molecule has 1 unspecified atom stereocenters. The van der Waals surface area contributed by atoms with Crippen LogP contribution in [0.1, 0.15) is 73.5 Å². The van der Waals surface area contributed by atoms with E-state index in [4.69, 9.17) is 18.9 Å². The van der Waals surface area contributed by atoms with E-state index in [1.807, 2.05) is 24.3 Å². The van der Waals surface area contributed by atoms with Gasteiger partial charge in [0.15, 0.2) is 24.0 Å². The molecule has 53 heavy (non-hydrogen) atoms. The van der Waals surface area contributed by atoms with Crippen molar-refractivity contribution in [2.45, 2.75) is 58.3 Å². The first-order valence-corrected chi connectivity index (χ1v) is 18.3. The maximum atomic E-state index is 15.1. The molecule has 1 atom stereocenters. The fourth-order valence-corrected chi connectivity index (χ4v) is 7.11. The molecule has 12 heteroatoms. The lowest BCUT2D eigenvalue weighted by Gasteiger charge is -2.31. The molecule has 282 valence electrons. The number of ketones is 1. The summed E-state index contributed by atoms with van der Waals surface area (Å²) in [5.74, 6) is -2.98. The van der Waals surface area contributed by atoms with E-state index in [0.717, 1.165) is 24.1 Å². The molecule has 0 bridgehead atoms. The maximum absolute atomic E-state index is 15.1. The summed E-state index contributed by atoms with van der Waals surface area (Å²) < 4.78 is 50.8. The summed E-state index contributed by atoms with van der Waals surface area (Å²) in [4.78, 5) is 53.7. The highest BCUT2D eigenvalue weighted by Crippen LogP contribution is 2.37. The number of carbonyl (C=O) groups is 4. The molecule has 0 aliphatic heterocycles. The van der Waals surface area contributed by atoms with Crippen LogP contribution in [0.15, 0.2) is 67.4 Å². The first kappa shape index (κ1) is 40.8. The summed E-state index contributed by atoms with van der Waals surface area (Å²) in [5.41, 5.74) is 0.652. The lowest BCUT2D eigenvalue weighted by molar-refractivity contribution is -0.140. The second kappa shape index (κ2) is 18.2. The lowest BCUT2D eigenvalue weighted by Crippen LogP contribution is -2.37. The van der Waals surface area contributed by atoms with Gasteiger partial charge in [0.05, 0.1) is 31.0 Å². The highest BCUT2D eigenvalue weighted by molar-refractivity contribution is 7.99. The van der Waals surface area contributed by atoms with Crippen LogP contribution in [-0.4, -0.2) is 61.0 Å². The minimum Gasteiger partial charge on any atom is -0.469 e. The lowest BCUT2D eigenvalue weighted by atomic mass is 9.73.